The van der Waals surface area contributed by atoms with E-state index >= 15 is 0 Å². The summed E-state index contributed by atoms with van der Waals surface area (Å²) in [5, 5.41) is 3.36. The first-order valence-electron chi connectivity index (χ1n) is 4.54. The highest BCUT2D eigenvalue weighted by atomic mass is 79.9. The molecule has 1 aliphatic rings. The van der Waals surface area contributed by atoms with E-state index < -0.39 is 0 Å². The Morgan fingerprint density at radius 1 is 1.38 bits per heavy atom. The molecular formula is C9H12BrN3. The van der Waals surface area contributed by atoms with Crippen molar-refractivity contribution < 1.29 is 0 Å². The maximum Gasteiger partial charge on any atom is 0.132 e. The van der Waals surface area contributed by atoms with Gasteiger partial charge in [-0.25, -0.2) is 9.97 Å². The van der Waals surface area contributed by atoms with Gasteiger partial charge in [-0.1, -0.05) is 0 Å². The van der Waals surface area contributed by atoms with Gasteiger partial charge in [0.25, 0.3) is 0 Å². The number of nitrogens with one attached hydrogen (secondary N) is 1. The van der Waals surface area contributed by atoms with E-state index in [4.69, 9.17) is 0 Å². The van der Waals surface area contributed by atoms with Gasteiger partial charge in [-0.05, 0) is 35.3 Å². The van der Waals surface area contributed by atoms with Crippen molar-refractivity contribution in [3.05, 3.63) is 22.7 Å². The first kappa shape index (κ1) is 9.09. The van der Waals surface area contributed by atoms with Crippen LogP contribution in [-0.4, -0.2) is 23.1 Å². The third-order valence-corrected chi connectivity index (χ3v) is 2.71. The van der Waals surface area contributed by atoms with Crippen LogP contribution in [0.25, 0.3) is 0 Å². The minimum atomic E-state index is 0.502. The summed E-state index contributed by atoms with van der Waals surface area (Å²) in [6, 6.07) is 0. The van der Waals surface area contributed by atoms with Gasteiger partial charge < -0.3 is 5.32 Å². The van der Waals surface area contributed by atoms with E-state index in [0.717, 1.165) is 23.4 Å². The summed E-state index contributed by atoms with van der Waals surface area (Å²) in [5.74, 6) is 1.47. The van der Waals surface area contributed by atoms with Gasteiger partial charge in [0.15, 0.2) is 0 Å². The molecule has 1 unspecified atom stereocenters. The van der Waals surface area contributed by atoms with Crippen molar-refractivity contribution in [2.75, 3.05) is 13.1 Å². The number of halogens is 1. The molecule has 1 aliphatic heterocycles. The Bertz CT molecular complexity index is 267. The summed E-state index contributed by atoms with van der Waals surface area (Å²) in [7, 11) is 0. The predicted molar refractivity (Wildman–Crippen MR) is 54.6 cm³/mol. The molecule has 3 nitrogen and oxygen atoms in total. The van der Waals surface area contributed by atoms with Crippen LogP contribution in [0, 0.1) is 0 Å². The fraction of sp³-hybridized carbons (Fsp3) is 0.556. The Hall–Kier alpha value is -0.480. The molecule has 0 bridgehead atoms. The highest BCUT2D eigenvalue weighted by Gasteiger charge is 2.16. The van der Waals surface area contributed by atoms with Crippen LogP contribution >= 0.6 is 15.9 Å². The van der Waals surface area contributed by atoms with Gasteiger partial charge in [0.05, 0.1) is 4.47 Å². The lowest BCUT2D eigenvalue weighted by atomic mass is 9.99. The highest BCUT2D eigenvalue weighted by molar-refractivity contribution is 9.10. The van der Waals surface area contributed by atoms with E-state index in [9.17, 15) is 0 Å². The lowest BCUT2D eigenvalue weighted by Gasteiger charge is -2.20. The fourth-order valence-corrected chi connectivity index (χ4v) is 1.81. The van der Waals surface area contributed by atoms with Crippen LogP contribution < -0.4 is 5.32 Å². The smallest absolute Gasteiger partial charge is 0.132 e. The zero-order chi connectivity index (χ0) is 9.10. The van der Waals surface area contributed by atoms with E-state index in [1.54, 1.807) is 0 Å². The van der Waals surface area contributed by atoms with Crippen LogP contribution in [0.1, 0.15) is 24.6 Å². The SMILES string of the molecule is Brc1cnc(C2CCCNC2)nc1. The second kappa shape index (κ2) is 4.15. The number of nitrogens with zero attached hydrogens (tertiary/aromatic N) is 2. The van der Waals surface area contributed by atoms with Gasteiger partial charge in [-0.15, -0.1) is 0 Å². The second-order valence-electron chi connectivity index (χ2n) is 3.30. The molecule has 0 aliphatic carbocycles. The summed E-state index contributed by atoms with van der Waals surface area (Å²) in [4.78, 5) is 8.61. The molecule has 70 valence electrons. The number of piperidine rings is 1. The van der Waals surface area contributed by atoms with E-state index in [0.29, 0.717) is 5.92 Å². The second-order valence-corrected chi connectivity index (χ2v) is 4.22. The van der Waals surface area contributed by atoms with E-state index in [1.807, 2.05) is 12.4 Å². The predicted octanol–water partition coefficient (Wildman–Crippen LogP) is 1.71. The molecule has 1 aromatic heterocycles. The van der Waals surface area contributed by atoms with Crippen molar-refractivity contribution in [1.82, 2.24) is 15.3 Å². The molecule has 1 saturated heterocycles. The Kier molecular flexibility index (Phi) is 2.90. The van der Waals surface area contributed by atoms with Crippen LogP contribution in [0.4, 0.5) is 0 Å². The van der Waals surface area contributed by atoms with Gasteiger partial charge in [0.1, 0.15) is 5.82 Å². The molecule has 0 radical (unpaired) electrons. The van der Waals surface area contributed by atoms with Crippen LogP contribution in [0.5, 0.6) is 0 Å². The Labute approximate surface area is 86.1 Å². The van der Waals surface area contributed by atoms with Crippen LogP contribution in [-0.2, 0) is 0 Å². The number of hydrogen-bond acceptors (Lipinski definition) is 3. The van der Waals surface area contributed by atoms with Crippen molar-refractivity contribution in [1.29, 1.82) is 0 Å². The van der Waals surface area contributed by atoms with E-state index in [2.05, 4.69) is 31.2 Å². The lowest BCUT2D eigenvalue weighted by Crippen LogP contribution is -2.29. The Morgan fingerprint density at radius 3 is 2.77 bits per heavy atom. The number of aromatic nitrogens is 2. The van der Waals surface area contributed by atoms with Crippen molar-refractivity contribution in [2.24, 2.45) is 0 Å². The summed E-state index contributed by atoms with van der Waals surface area (Å²) < 4.78 is 0.944. The fourth-order valence-electron chi connectivity index (χ4n) is 1.61. The van der Waals surface area contributed by atoms with Gasteiger partial charge in [-0.2, -0.15) is 0 Å². The quantitative estimate of drug-likeness (QED) is 0.814. The maximum absolute atomic E-state index is 4.30. The lowest BCUT2D eigenvalue weighted by molar-refractivity contribution is 0.446. The Morgan fingerprint density at radius 2 is 2.15 bits per heavy atom. The van der Waals surface area contributed by atoms with Crippen LogP contribution in [0.15, 0.2) is 16.9 Å². The summed E-state index contributed by atoms with van der Waals surface area (Å²) in [5.41, 5.74) is 0. The van der Waals surface area contributed by atoms with Gasteiger partial charge in [0, 0.05) is 24.9 Å². The Balaban J connectivity index is 2.10. The monoisotopic (exact) mass is 241 g/mol. The van der Waals surface area contributed by atoms with E-state index in [1.165, 1.54) is 12.8 Å². The third-order valence-electron chi connectivity index (χ3n) is 2.30. The zero-order valence-corrected chi connectivity index (χ0v) is 8.92. The molecule has 1 atom stereocenters. The molecule has 13 heavy (non-hydrogen) atoms. The molecule has 1 aromatic rings. The number of hydrogen-bond donors (Lipinski definition) is 1. The summed E-state index contributed by atoms with van der Waals surface area (Å²) in [6.07, 6.45) is 6.06. The van der Waals surface area contributed by atoms with Crippen molar-refractivity contribution in [2.45, 2.75) is 18.8 Å². The van der Waals surface area contributed by atoms with Gasteiger partial charge >= 0.3 is 0 Å². The average Bonchev–Trinajstić information content (AvgIpc) is 2.20. The number of rotatable bonds is 1. The molecule has 1 N–H and O–H groups in total. The molecule has 2 rings (SSSR count). The van der Waals surface area contributed by atoms with Crippen molar-refractivity contribution in [3.63, 3.8) is 0 Å². The first-order valence-corrected chi connectivity index (χ1v) is 5.34. The maximum atomic E-state index is 4.30. The standard InChI is InChI=1S/C9H12BrN3/c10-8-5-12-9(13-6-8)7-2-1-3-11-4-7/h5-7,11H,1-4H2. The third kappa shape index (κ3) is 2.25. The molecule has 1 fully saturated rings. The summed E-state index contributed by atoms with van der Waals surface area (Å²) >= 11 is 3.33. The highest BCUT2D eigenvalue weighted by Crippen LogP contribution is 2.19. The van der Waals surface area contributed by atoms with Crippen molar-refractivity contribution in [3.8, 4) is 0 Å². The van der Waals surface area contributed by atoms with Crippen LogP contribution in [0.3, 0.4) is 0 Å². The van der Waals surface area contributed by atoms with E-state index in [-0.39, 0.29) is 0 Å². The molecule has 0 aromatic carbocycles. The normalized spacial score (nSPS) is 23.0. The first-order chi connectivity index (χ1) is 6.36. The minimum Gasteiger partial charge on any atom is -0.316 e. The largest absolute Gasteiger partial charge is 0.316 e. The minimum absolute atomic E-state index is 0.502. The molecule has 0 amide bonds. The van der Waals surface area contributed by atoms with Gasteiger partial charge in [0.2, 0.25) is 0 Å². The molecule has 4 heteroatoms. The molecule has 0 spiro atoms. The topological polar surface area (TPSA) is 37.8 Å². The average molecular weight is 242 g/mol. The van der Waals surface area contributed by atoms with Gasteiger partial charge in [-0.3, -0.25) is 0 Å². The zero-order valence-electron chi connectivity index (χ0n) is 7.33. The van der Waals surface area contributed by atoms with Crippen molar-refractivity contribution >= 4 is 15.9 Å². The van der Waals surface area contributed by atoms with Crippen LogP contribution in [0.2, 0.25) is 0 Å². The molecule has 2 heterocycles. The summed E-state index contributed by atoms with van der Waals surface area (Å²) in [6.45, 7) is 2.15. The molecule has 0 saturated carbocycles. The molecular weight excluding hydrogens is 230 g/mol.